The van der Waals surface area contributed by atoms with E-state index in [-0.39, 0.29) is 12.3 Å². The highest BCUT2D eigenvalue weighted by Gasteiger charge is 2.17. The van der Waals surface area contributed by atoms with Crippen LogP contribution >= 0.6 is 11.6 Å². The van der Waals surface area contributed by atoms with Crippen LogP contribution in [-0.2, 0) is 11.3 Å². The highest BCUT2D eigenvalue weighted by atomic mass is 35.5. The number of hydrogen-bond acceptors (Lipinski definition) is 4. The summed E-state index contributed by atoms with van der Waals surface area (Å²) < 4.78 is 14.0. The lowest BCUT2D eigenvalue weighted by atomic mass is 9.85. The first kappa shape index (κ1) is 22.1. The van der Waals surface area contributed by atoms with Gasteiger partial charge >= 0.3 is 0 Å². The molecule has 1 saturated carbocycles. The fraction of sp³-hybridized carbons (Fsp3) is 0.429. The average Bonchev–Trinajstić information content (AvgIpc) is 2.61. The number of hydrogen-bond donors (Lipinski definition) is 3. The van der Waals surface area contributed by atoms with Crippen molar-refractivity contribution in [2.24, 2.45) is 5.92 Å². The molecule has 7 heteroatoms. The molecule has 2 aromatic rings. The van der Waals surface area contributed by atoms with Crippen LogP contribution in [0.1, 0.15) is 50.2 Å². The Morgan fingerprint density at radius 1 is 1.36 bits per heavy atom. The predicted octanol–water partition coefficient (Wildman–Crippen LogP) is 5.33. The molecule has 1 heterocycles. The molecule has 0 spiro atoms. The molecule has 0 saturated heterocycles. The Labute approximate surface area is 170 Å². The number of nitrogens with one attached hydrogen (secondary N) is 2. The van der Waals surface area contributed by atoms with Crippen LogP contribution in [0.3, 0.4) is 0 Å². The second-order valence-electron chi connectivity index (χ2n) is 7.21. The predicted molar refractivity (Wildman–Crippen MR) is 111 cm³/mol. The number of aromatic nitrogens is 1. The first-order valence-electron chi connectivity index (χ1n) is 9.44. The molecule has 0 unspecified atom stereocenters. The Morgan fingerprint density at radius 3 is 2.64 bits per heavy atom. The quantitative estimate of drug-likeness (QED) is 0.541. The highest BCUT2D eigenvalue weighted by molar-refractivity contribution is 6.30. The van der Waals surface area contributed by atoms with Gasteiger partial charge in [-0.05, 0) is 66.6 Å². The van der Waals surface area contributed by atoms with Crippen LogP contribution in [0.4, 0.5) is 15.9 Å². The zero-order valence-corrected chi connectivity index (χ0v) is 17.0. The van der Waals surface area contributed by atoms with Crippen LogP contribution in [0, 0.1) is 11.7 Å². The lowest BCUT2D eigenvalue weighted by Crippen LogP contribution is -2.27. The Morgan fingerprint density at radius 2 is 2.07 bits per heavy atom. The van der Waals surface area contributed by atoms with Crippen LogP contribution in [0.2, 0.25) is 5.02 Å². The summed E-state index contributed by atoms with van der Waals surface area (Å²) in [7, 11) is 0. The first-order valence-corrected chi connectivity index (χ1v) is 9.81. The van der Waals surface area contributed by atoms with Crippen molar-refractivity contribution in [3.05, 3.63) is 52.4 Å². The third kappa shape index (κ3) is 6.46. The van der Waals surface area contributed by atoms with Crippen molar-refractivity contribution >= 4 is 29.6 Å². The summed E-state index contributed by atoms with van der Waals surface area (Å²) in [6, 6.07) is 6.60. The maximum absolute atomic E-state index is 14.0. The van der Waals surface area contributed by atoms with Crippen LogP contribution in [0.5, 0.6) is 0 Å². The molecule has 1 aliphatic rings. The zero-order valence-electron chi connectivity index (χ0n) is 16.2. The van der Waals surface area contributed by atoms with Crippen LogP contribution < -0.4 is 10.6 Å². The number of nitrogens with zero attached hydrogens (tertiary/aromatic N) is 1. The van der Waals surface area contributed by atoms with E-state index < -0.39 is 0 Å². The number of pyridine rings is 1. The topological polar surface area (TPSA) is 74.2 Å². The highest BCUT2D eigenvalue weighted by Crippen LogP contribution is 2.27. The molecular weight excluding hydrogens is 381 g/mol. The van der Waals surface area contributed by atoms with Crippen molar-refractivity contribution in [1.82, 2.24) is 10.3 Å². The number of carbonyl (C=O) groups is 1. The van der Waals surface area contributed by atoms with Gasteiger partial charge in [0.25, 0.3) is 6.47 Å². The summed E-state index contributed by atoms with van der Waals surface area (Å²) in [5.74, 6) is 1.47. The number of rotatable bonds is 7. The number of benzene rings is 1. The van der Waals surface area contributed by atoms with E-state index in [0.29, 0.717) is 22.4 Å². The van der Waals surface area contributed by atoms with E-state index in [2.05, 4.69) is 29.5 Å². The van der Waals surface area contributed by atoms with Gasteiger partial charge in [0.05, 0.1) is 5.69 Å². The maximum atomic E-state index is 14.0. The minimum atomic E-state index is -0.383. The second kappa shape index (κ2) is 11.0. The second-order valence-corrected chi connectivity index (χ2v) is 7.64. The fourth-order valence-electron chi connectivity index (χ4n) is 3.09. The van der Waals surface area contributed by atoms with Crippen molar-refractivity contribution < 1.29 is 14.3 Å². The Balaban J connectivity index is 0.000000878. The largest absolute Gasteiger partial charge is 0.483 e. The molecule has 1 aromatic heterocycles. The van der Waals surface area contributed by atoms with Gasteiger partial charge in [-0.25, -0.2) is 9.37 Å². The lowest BCUT2D eigenvalue weighted by Gasteiger charge is -2.25. The lowest BCUT2D eigenvalue weighted by molar-refractivity contribution is -0.122. The average molecular weight is 408 g/mol. The van der Waals surface area contributed by atoms with E-state index in [1.165, 1.54) is 36.5 Å². The molecule has 3 rings (SSSR count). The van der Waals surface area contributed by atoms with Gasteiger partial charge in [-0.1, -0.05) is 31.9 Å². The maximum Gasteiger partial charge on any atom is 0.290 e. The summed E-state index contributed by atoms with van der Waals surface area (Å²) >= 11 is 5.80. The summed E-state index contributed by atoms with van der Waals surface area (Å²) in [5.41, 5.74) is 2.81. The molecule has 0 amide bonds. The Kier molecular flexibility index (Phi) is 8.67. The molecule has 0 atom stereocenters. The third-order valence-electron chi connectivity index (χ3n) is 4.81. The summed E-state index contributed by atoms with van der Waals surface area (Å²) in [5, 5.41) is 13.9. The molecule has 0 radical (unpaired) electrons. The number of carboxylic acid groups (broad SMARTS) is 1. The molecule has 0 aliphatic heterocycles. The summed E-state index contributed by atoms with van der Waals surface area (Å²) in [6.45, 7) is 5.98. The van der Waals surface area contributed by atoms with Crippen molar-refractivity contribution in [2.75, 3.05) is 11.9 Å². The molecule has 1 fully saturated rings. The van der Waals surface area contributed by atoms with Gasteiger partial charge in [-0.3, -0.25) is 4.79 Å². The number of anilines is 2. The van der Waals surface area contributed by atoms with E-state index in [0.717, 1.165) is 19.0 Å². The minimum absolute atomic E-state index is 0.250. The smallest absolute Gasteiger partial charge is 0.290 e. The molecular formula is C21H27ClFN3O2. The van der Waals surface area contributed by atoms with Crippen molar-refractivity contribution in [1.29, 1.82) is 0 Å². The van der Waals surface area contributed by atoms with Gasteiger partial charge in [0.2, 0.25) is 0 Å². The summed E-state index contributed by atoms with van der Waals surface area (Å²) in [6.07, 6.45) is 5.95. The van der Waals surface area contributed by atoms with E-state index in [4.69, 9.17) is 21.5 Å². The summed E-state index contributed by atoms with van der Waals surface area (Å²) in [4.78, 5) is 12.8. The van der Waals surface area contributed by atoms with E-state index in [1.54, 1.807) is 12.1 Å². The number of halogens is 2. The first-order chi connectivity index (χ1) is 13.4. The van der Waals surface area contributed by atoms with Crippen molar-refractivity contribution in [3.63, 3.8) is 0 Å². The van der Waals surface area contributed by atoms with Gasteiger partial charge < -0.3 is 15.7 Å². The molecule has 28 heavy (non-hydrogen) atoms. The van der Waals surface area contributed by atoms with Gasteiger partial charge in [0.1, 0.15) is 11.6 Å². The SMILES string of the molecule is CC(C)c1cc(Nc2ccc(Cl)cc2F)ncc1CNCC1CCC1.O=CO. The van der Waals surface area contributed by atoms with Crippen LogP contribution in [0.15, 0.2) is 30.5 Å². The van der Waals surface area contributed by atoms with Gasteiger partial charge in [-0.2, -0.15) is 0 Å². The normalized spacial score (nSPS) is 13.5. The molecule has 1 aromatic carbocycles. The van der Waals surface area contributed by atoms with E-state index >= 15 is 0 Å². The van der Waals surface area contributed by atoms with Gasteiger partial charge in [0.15, 0.2) is 0 Å². The zero-order chi connectivity index (χ0) is 20.5. The van der Waals surface area contributed by atoms with Gasteiger partial charge in [-0.15, -0.1) is 0 Å². The standard InChI is InChI=1S/C20H25ClFN3.CH2O2/c1-13(2)17-9-20(25-19-7-6-16(21)8-18(19)22)24-12-15(17)11-23-10-14-4-3-5-14;2-1-3/h6-9,12-14,23H,3-5,10-11H2,1-2H3,(H,24,25);1H,(H,2,3). The molecule has 0 bridgehead atoms. The van der Waals surface area contributed by atoms with E-state index in [1.807, 2.05) is 12.3 Å². The molecule has 5 nitrogen and oxygen atoms in total. The molecule has 152 valence electrons. The van der Waals surface area contributed by atoms with Crippen LogP contribution in [-0.4, -0.2) is 23.1 Å². The van der Waals surface area contributed by atoms with Gasteiger partial charge in [0, 0.05) is 17.8 Å². The Hall–Kier alpha value is -2.18. The fourth-order valence-corrected chi connectivity index (χ4v) is 3.25. The monoisotopic (exact) mass is 407 g/mol. The van der Waals surface area contributed by atoms with Crippen LogP contribution in [0.25, 0.3) is 0 Å². The minimum Gasteiger partial charge on any atom is -0.483 e. The molecule has 3 N–H and O–H groups in total. The Bertz CT molecular complexity index is 782. The van der Waals surface area contributed by atoms with E-state index in [9.17, 15) is 4.39 Å². The third-order valence-corrected chi connectivity index (χ3v) is 5.05. The van der Waals surface area contributed by atoms with Crippen molar-refractivity contribution in [2.45, 2.75) is 45.6 Å². The molecule has 1 aliphatic carbocycles. The van der Waals surface area contributed by atoms with Crippen molar-refractivity contribution in [3.8, 4) is 0 Å².